The zero-order valence-corrected chi connectivity index (χ0v) is 13.0. The number of nitrogens with zero attached hydrogens (tertiary/aromatic N) is 1. The second-order valence-electron chi connectivity index (χ2n) is 5.00. The van der Waals surface area contributed by atoms with Crippen molar-refractivity contribution in [3.63, 3.8) is 0 Å². The van der Waals surface area contributed by atoms with Crippen LogP contribution >= 0.6 is 0 Å². The van der Waals surface area contributed by atoms with Gasteiger partial charge in [-0.3, -0.25) is 14.4 Å². The third-order valence-electron chi connectivity index (χ3n) is 3.18. The number of nitrogens with one attached hydrogen (secondary N) is 2. The fourth-order valence-corrected chi connectivity index (χ4v) is 2.02. The zero-order chi connectivity index (χ0) is 17.5. The van der Waals surface area contributed by atoms with Gasteiger partial charge in [-0.05, 0) is 17.7 Å². The van der Waals surface area contributed by atoms with Crippen molar-refractivity contribution in [3.05, 3.63) is 57.8 Å². The van der Waals surface area contributed by atoms with Crippen molar-refractivity contribution in [2.45, 2.75) is 12.8 Å². The summed E-state index contributed by atoms with van der Waals surface area (Å²) >= 11 is 0. The SMILES string of the molecule is COc1ccc(Cc2nc(C(=O)NCCC(=O)O)cc(=O)[nH]2)cc1. The van der Waals surface area contributed by atoms with Crippen LogP contribution in [0.5, 0.6) is 5.75 Å². The molecule has 0 aliphatic carbocycles. The molecule has 8 nitrogen and oxygen atoms in total. The molecule has 0 saturated carbocycles. The van der Waals surface area contributed by atoms with Gasteiger partial charge in [0, 0.05) is 19.0 Å². The van der Waals surface area contributed by atoms with Crippen LogP contribution in [0.4, 0.5) is 0 Å². The predicted octanol–water partition coefficient (Wildman–Crippen LogP) is 0.574. The molecule has 3 N–H and O–H groups in total. The smallest absolute Gasteiger partial charge is 0.305 e. The van der Waals surface area contributed by atoms with Crippen molar-refractivity contribution >= 4 is 11.9 Å². The van der Waals surface area contributed by atoms with Crippen molar-refractivity contribution < 1.29 is 19.4 Å². The van der Waals surface area contributed by atoms with Gasteiger partial charge in [-0.1, -0.05) is 12.1 Å². The fraction of sp³-hybridized carbons (Fsp3) is 0.250. The summed E-state index contributed by atoms with van der Waals surface area (Å²) < 4.78 is 5.08. The minimum Gasteiger partial charge on any atom is -0.497 e. The molecular formula is C16H17N3O5. The number of benzene rings is 1. The monoisotopic (exact) mass is 331 g/mol. The Labute approximate surface area is 137 Å². The molecule has 1 heterocycles. The van der Waals surface area contributed by atoms with Crippen molar-refractivity contribution in [2.75, 3.05) is 13.7 Å². The Bertz CT molecular complexity index is 783. The first kappa shape index (κ1) is 17.2. The summed E-state index contributed by atoms with van der Waals surface area (Å²) in [5.41, 5.74) is 0.395. The van der Waals surface area contributed by atoms with Crippen LogP contribution in [0, 0.1) is 0 Å². The standard InChI is InChI=1S/C16H17N3O5/c1-24-11-4-2-10(3-5-11)8-13-18-12(9-14(20)19-13)16(23)17-7-6-15(21)22/h2-5,9H,6-8H2,1H3,(H,17,23)(H,21,22)(H,18,19,20). The summed E-state index contributed by atoms with van der Waals surface area (Å²) in [7, 11) is 1.57. The number of hydrogen-bond donors (Lipinski definition) is 3. The van der Waals surface area contributed by atoms with Gasteiger partial charge in [0.2, 0.25) is 0 Å². The number of methoxy groups -OCH3 is 1. The second kappa shape index (κ2) is 7.91. The van der Waals surface area contributed by atoms with E-state index in [-0.39, 0.29) is 18.7 Å². The summed E-state index contributed by atoms with van der Waals surface area (Å²) in [6.07, 6.45) is 0.142. The second-order valence-corrected chi connectivity index (χ2v) is 5.00. The van der Waals surface area contributed by atoms with E-state index in [0.717, 1.165) is 11.6 Å². The first-order chi connectivity index (χ1) is 11.5. The molecule has 0 unspecified atom stereocenters. The van der Waals surface area contributed by atoms with E-state index in [2.05, 4.69) is 15.3 Å². The number of hydrogen-bond acceptors (Lipinski definition) is 5. The number of ether oxygens (including phenoxy) is 1. The van der Waals surface area contributed by atoms with E-state index in [1.54, 1.807) is 19.2 Å². The molecule has 0 saturated heterocycles. The summed E-state index contributed by atoms with van der Waals surface area (Å²) in [6.45, 7) is -0.0313. The number of carbonyl (C=O) groups is 2. The molecule has 0 atom stereocenters. The molecule has 0 radical (unpaired) electrons. The predicted molar refractivity (Wildman–Crippen MR) is 85.2 cm³/mol. The molecule has 2 aromatic rings. The van der Waals surface area contributed by atoms with Crippen LogP contribution in [-0.2, 0) is 11.2 Å². The Kier molecular flexibility index (Phi) is 5.67. The maximum atomic E-state index is 11.9. The van der Waals surface area contributed by atoms with Crippen LogP contribution in [-0.4, -0.2) is 40.6 Å². The first-order valence-electron chi connectivity index (χ1n) is 7.21. The number of amides is 1. The molecule has 2 rings (SSSR count). The summed E-state index contributed by atoms with van der Waals surface area (Å²) in [4.78, 5) is 40.8. The number of carboxylic acid groups (broad SMARTS) is 1. The molecule has 0 aliphatic heterocycles. The largest absolute Gasteiger partial charge is 0.497 e. The third kappa shape index (κ3) is 4.94. The zero-order valence-electron chi connectivity index (χ0n) is 13.0. The van der Waals surface area contributed by atoms with Gasteiger partial charge in [-0.25, -0.2) is 4.98 Å². The van der Waals surface area contributed by atoms with E-state index in [9.17, 15) is 14.4 Å². The molecule has 1 aromatic carbocycles. The highest BCUT2D eigenvalue weighted by Crippen LogP contribution is 2.13. The van der Waals surface area contributed by atoms with Crippen molar-refractivity contribution in [2.24, 2.45) is 0 Å². The topological polar surface area (TPSA) is 121 Å². The Balaban J connectivity index is 2.10. The molecule has 0 aliphatic rings. The average Bonchev–Trinajstić information content (AvgIpc) is 2.54. The van der Waals surface area contributed by atoms with Gasteiger partial charge in [0.25, 0.3) is 11.5 Å². The van der Waals surface area contributed by atoms with Gasteiger partial charge in [-0.2, -0.15) is 0 Å². The van der Waals surface area contributed by atoms with Crippen molar-refractivity contribution in [3.8, 4) is 5.75 Å². The van der Waals surface area contributed by atoms with Crippen molar-refractivity contribution in [1.29, 1.82) is 0 Å². The van der Waals surface area contributed by atoms with Gasteiger partial charge in [0.05, 0.1) is 13.5 Å². The number of carbonyl (C=O) groups excluding carboxylic acids is 1. The van der Waals surface area contributed by atoms with Gasteiger partial charge < -0.3 is 20.1 Å². The Morgan fingerprint density at radius 1 is 1.29 bits per heavy atom. The minimum atomic E-state index is -1.02. The van der Waals surface area contributed by atoms with Crippen LogP contribution in [0.3, 0.4) is 0 Å². The number of aromatic amines is 1. The molecule has 0 bridgehead atoms. The Morgan fingerprint density at radius 2 is 2.00 bits per heavy atom. The molecule has 1 amide bonds. The van der Waals surface area contributed by atoms with Gasteiger partial charge in [-0.15, -0.1) is 0 Å². The van der Waals surface area contributed by atoms with E-state index in [1.807, 2.05) is 12.1 Å². The Hall–Kier alpha value is -3.16. The van der Waals surface area contributed by atoms with E-state index in [1.165, 1.54) is 0 Å². The lowest BCUT2D eigenvalue weighted by atomic mass is 10.1. The van der Waals surface area contributed by atoms with Crippen molar-refractivity contribution in [1.82, 2.24) is 15.3 Å². The molecular weight excluding hydrogens is 314 g/mol. The number of H-pyrrole nitrogens is 1. The van der Waals surface area contributed by atoms with Crippen LogP contribution in [0.1, 0.15) is 28.3 Å². The number of aromatic nitrogens is 2. The number of aliphatic carboxylic acids is 1. The van der Waals surface area contributed by atoms with Crippen LogP contribution in [0.25, 0.3) is 0 Å². The molecule has 0 spiro atoms. The highest BCUT2D eigenvalue weighted by Gasteiger charge is 2.11. The lowest BCUT2D eigenvalue weighted by molar-refractivity contribution is -0.136. The Morgan fingerprint density at radius 3 is 2.62 bits per heavy atom. The lowest BCUT2D eigenvalue weighted by Gasteiger charge is -2.06. The molecule has 24 heavy (non-hydrogen) atoms. The van der Waals surface area contributed by atoms with E-state index < -0.39 is 17.4 Å². The third-order valence-corrected chi connectivity index (χ3v) is 3.18. The van der Waals surface area contributed by atoms with Gasteiger partial charge in [0.1, 0.15) is 17.3 Å². The van der Waals surface area contributed by atoms with Gasteiger partial charge in [0.15, 0.2) is 0 Å². The van der Waals surface area contributed by atoms with E-state index in [4.69, 9.17) is 9.84 Å². The van der Waals surface area contributed by atoms with Gasteiger partial charge >= 0.3 is 5.97 Å². The molecule has 126 valence electrons. The van der Waals surface area contributed by atoms with Crippen LogP contribution in [0.15, 0.2) is 35.1 Å². The fourth-order valence-electron chi connectivity index (χ4n) is 2.02. The van der Waals surface area contributed by atoms with E-state index in [0.29, 0.717) is 18.0 Å². The van der Waals surface area contributed by atoms with Crippen LogP contribution < -0.4 is 15.6 Å². The summed E-state index contributed by atoms with van der Waals surface area (Å²) in [6, 6.07) is 8.32. The summed E-state index contributed by atoms with van der Waals surface area (Å²) in [5, 5.41) is 11.0. The van der Waals surface area contributed by atoms with E-state index >= 15 is 0 Å². The van der Waals surface area contributed by atoms with Crippen LogP contribution in [0.2, 0.25) is 0 Å². The minimum absolute atomic E-state index is 0.0313. The number of rotatable bonds is 7. The molecule has 1 aromatic heterocycles. The summed E-state index contributed by atoms with van der Waals surface area (Å²) in [5.74, 6) is -0.546. The normalized spacial score (nSPS) is 10.2. The quantitative estimate of drug-likeness (QED) is 0.682. The molecule has 0 fully saturated rings. The lowest BCUT2D eigenvalue weighted by Crippen LogP contribution is -2.29. The number of carboxylic acids is 1. The maximum Gasteiger partial charge on any atom is 0.305 e. The first-order valence-corrected chi connectivity index (χ1v) is 7.21. The highest BCUT2D eigenvalue weighted by atomic mass is 16.5. The maximum absolute atomic E-state index is 11.9. The highest BCUT2D eigenvalue weighted by molar-refractivity contribution is 5.92. The molecule has 8 heteroatoms. The average molecular weight is 331 g/mol.